The van der Waals surface area contributed by atoms with E-state index in [9.17, 15) is 14.7 Å². The van der Waals surface area contributed by atoms with Crippen molar-refractivity contribution in [1.82, 2.24) is 0 Å². The Morgan fingerprint density at radius 3 is 2.71 bits per heavy atom. The van der Waals surface area contributed by atoms with Gasteiger partial charge in [0.25, 0.3) is 0 Å². The van der Waals surface area contributed by atoms with Gasteiger partial charge < -0.3 is 10.2 Å². The Labute approximate surface area is 82.2 Å². The molecular formula is C10H14O4. The summed E-state index contributed by atoms with van der Waals surface area (Å²) in [5.41, 5.74) is 0. The minimum absolute atomic E-state index is 0.0197. The van der Waals surface area contributed by atoms with E-state index in [2.05, 4.69) is 0 Å². The number of hydrogen-bond donors (Lipinski definition) is 2. The number of aliphatic hydroxyl groups is 1. The summed E-state index contributed by atoms with van der Waals surface area (Å²) in [5.74, 6) is -1.13. The fourth-order valence-electron chi connectivity index (χ4n) is 1.99. The zero-order valence-corrected chi connectivity index (χ0v) is 7.80. The lowest BCUT2D eigenvalue weighted by atomic mass is 9.91. The van der Waals surface area contributed by atoms with Crippen molar-refractivity contribution in [3.63, 3.8) is 0 Å². The number of aldehydes is 1. The molecule has 4 nitrogen and oxygen atoms in total. The summed E-state index contributed by atoms with van der Waals surface area (Å²) in [7, 11) is 0. The quantitative estimate of drug-likeness (QED) is 0.512. The average Bonchev–Trinajstić information content (AvgIpc) is 2.45. The molecule has 0 aromatic carbocycles. The standard InChI is InChI=1S/C10H14O4/c11-5-1-2-7-3-4-9(12)8(7)6-10(13)14/h1-2,5,7-9,12H,3-4,6H2,(H,13,14). The third-order valence-corrected chi connectivity index (χ3v) is 2.69. The van der Waals surface area contributed by atoms with Crippen LogP contribution in [-0.4, -0.2) is 28.6 Å². The van der Waals surface area contributed by atoms with E-state index in [0.717, 1.165) is 6.42 Å². The molecule has 1 fully saturated rings. The zero-order valence-electron chi connectivity index (χ0n) is 7.80. The van der Waals surface area contributed by atoms with Crippen LogP contribution in [0, 0.1) is 11.8 Å². The van der Waals surface area contributed by atoms with E-state index >= 15 is 0 Å². The Bertz CT molecular complexity index is 247. The first-order valence-corrected chi connectivity index (χ1v) is 4.67. The van der Waals surface area contributed by atoms with Gasteiger partial charge in [-0.05, 0) is 24.8 Å². The van der Waals surface area contributed by atoms with E-state index in [1.165, 1.54) is 6.08 Å². The third-order valence-electron chi connectivity index (χ3n) is 2.69. The third kappa shape index (κ3) is 2.67. The van der Waals surface area contributed by atoms with Crippen LogP contribution in [-0.2, 0) is 9.59 Å². The molecule has 0 aromatic heterocycles. The van der Waals surface area contributed by atoms with Crippen molar-refractivity contribution in [3.05, 3.63) is 12.2 Å². The second-order valence-electron chi connectivity index (χ2n) is 3.59. The van der Waals surface area contributed by atoms with Gasteiger partial charge in [-0.1, -0.05) is 6.08 Å². The summed E-state index contributed by atoms with van der Waals surface area (Å²) in [6, 6.07) is 0. The van der Waals surface area contributed by atoms with E-state index < -0.39 is 12.1 Å². The van der Waals surface area contributed by atoms with Crippen molar-refractivity contribution in [2.75, 3.05) is 0 Å². The van der Waals surface area contributed by atoms with Gasteiger partial charge in [0.15, 0.2) is 0 Å². The molecule has 0 spiro atoms. The molecule has 14 heavy (non-hydrogen) atoms. The molecule has 0 aromatic rings. The number of aliphatic carboxylic acids is 1. The second-order valence-corrected chi connectivity index (χ2v) is 3.59. The van der Waals surface area contributed by atoms with Crippen LogP contribution in [0.4, 0.5) is 0 Å². The van der Waals surface area contributed by atoms with Crippen molar-refractivity contribution >= 4 is 12.3 Å². The minimum atomic E-state index is -0.902. The fourth-order valence-corrected chi connectivity index (χ4v) is 1.99. The SMILES string of the molecule is O=CC=CC1CCC(O)C1CC(=O)O. The van der Waals surface area contributed by atoms with Crippen LogP contribution in [0.1, 0.15) is 19.3 Å². The summed E-state index contributed by atoms with van der Waals surface area (Å²) in [6.45, 7) is 0. The van der Waals surface area contributed by atoms with E-state index in [-0.39, 0.29) is 18.3 Å². The van der Waals surface area contributed by atoms with E-state index in [1.807, 2.05) is 0 Å². The first kappa shape index (κ1) is 10.9. The molecule has 1 aliphatic carbocycles. The first-order chi connectivity index (χ1) is 6.65. The second kappa shape index (κ2) is 4.91. The number of carbonyl (C=O) groups is 2. The van der Waals surface area contributed by atoms with Gasteiger partial charge in [0.1, 0.15) is 6.29 Å². The number of rotatable bonds is 4. The van der Waals surface area contributed by atoms with Gasteiger partial charge >= 0.3 is 5.97 Å². The molecule has 0 saturated heterocycles. The van der Waals surface area contributed by atoms with Gasteiger partial charge in [0.05, 0.1) is 12.5 Å². The van der Waals surface area contributed by atoms with Gasteiger partial charge in [0, 0.05) is 5.92 Å². The smallest absolute Gasteiger partial charge is 0.303 e. The van der Waals surface area contributed by atoms with Crippen LogP contribution in [0.25, 0.3) is 0 Å². The predicted molar refractivity (Wildman–Crippen MR) is 49.7 cm³/mol. The lowest BCUT2D eigenvalue weighted by molar-refractivity contribution is -0.139. The minimum Gasteiger partial charge on any atom is -0.481 e. The Morgan fingerprint density at radius 2 is 2.14 bits per heavy atom. The highest BCUT2D eigenvalue weighted by molar-refractivity contribution is 5.67. The summed E-state index contributed by atoms with van der Waals surface area (Å²) in [6.07, 6.45) is 4.52. The lowest BCUT2D eigenvalue weighted by Gasteiger charge is -2.16. The maximum absolute atomic E-state index is 10.5. The van der Waals surface area contributed by atoms with Gasteiger partial charge in [-0.15, -0.1) is 0 Å². The number of carbonyl (C=O) groups excluding carboxylic acids is 1. The summed E-state index contributed by atoms with van der Waals surface area (Å²) in [4.78, 5) is 20.6. The molecule has 0 bridgehead atoms. The molecule has 1 rings (SSSR count). The Hall–Kier alpha value is -1.16. The van der Waals surface area contributed by atoms with E-state index in [0.29, 0.717) is 12.7 Å². The summed E-state index contributed by atoms with van der Waals surface area (Å²) in [5, 5.41) is 18.2. The molecular weight excluding hydrogens is 184 g/mol. The molecule has 0 radical (unpaired) electrons. The van der Waals surface area contributed by atoms with Gasteiger partial charge in [-0.25, -0.2) is 0 Å². The summed E-state index contributed by atoms with van der Waals surface area (Å²) >= 11 is 0. The molecule has 4 heteroatoms. The van der Waals surface area contributed by atoms with Crippen molar-refractivity contribution < 1.29 is 19.8 Å². The normalized spacial score (nSPS) is 32.2. The number of carboxylic acid groups (broad SMARTS) is 1. The van der Waals surface area contributed by atoms with Gasteiger partial charge in [-0.2, -0.15) is 0 Å². The van der Waals surface area contributed by atoms with Crippen molar-refractivity contribution in [1.29, 1.82) is 0 Å². The Balaban J connectivity index is 2.61. The highest BCUT2D eigenvalue weighted by Gasteiger charge is 2.34. The van der Waals surface area contributed by atoms with Crippen LogP contribution >= 0.6 is 0 Å². The molecule has 0 amide bonds. The number of aliphatic hydroxyl groups excluding tert-OH is 1. The highest BCUT2D eigenvalue weighted by Crippen LogP contribution is 2.35. The summed E-state index contributed by atoms with van der Waals surface area (Å²) < 4.78 is 0. The maximum Gasteiger partial charge on any atom is 0.303 e. The molecule has 0 aliphatic heterocycles. The van der Waals surface area contributed by atoms with E-state index in [1.54, 1.807) is 6.08 Å². The molecule has 2 N–H and O–H groups in total. The van der Waals surface area contributed by atoms with Crippen molar-refractivity contribution in [2.45, 2.75) is 25.4 Å². The molecule has 78 valence electrons. The van der Waals surface area contributed by atoms with Crippen LogP contribution in [0.5, 0.6) is 0 Å². The van der Waals surface area contributed by atoms with Gasteiger partial charge in [-0.3, -0.25) is 9.59 Å². The van der Waals surface area contributed by atoms with Gasteiger partial charge in [0.2, 0.25) is 0 Å². The van der Waals surface area contributed by atoms with Crippen molar-refractivity contribution in [2.24, 2.45) is 11.8 Å². The molecule has 1 saturated carbocycles. The number of allylic oxidation sites excluding steroid dienone is 2. The highest BCUT2D eigenvalue weighted by atomic mass is 16.4. The first-order valence-electron chi connectivity index (χ1n) is 4.67. The predicted octanol–water partition coefficient (Wildman–Crippen LogP) is 0.603. The molecule has 3 atom stereocenters. The molecule has 0 heterocycles. The monoisotopic (exact) mass is 198 g/mol. The fraction of sp³-hybridized carbons (Fsp3) is 0.600. The van der Waals surface area contributed by atoms with Crippen LogP contribution in [0.2, 0.25) is 0 Å². The van der Waals surface area contributed by atoms with Crippen LogP contribution in [0.3, 0.4) is 0 Å². The van der Waals surface area contributed by atoms with E-state index in [4.69, 9.17) is 5.11 Å². The largest absolute Gasteiger partial charge is 0.481 e. The maximum atomic E-state index is 10.5. The van der Waals surface area contributed by atoms with Crippen molar-refractivity contribution in [3.8, 4) is 0 Å². The number of carboxylic acids is 1. The molecule has 3 unspecified atom stereocenters. The molecule has 1 aliphatic rings. The lowest BCUT2D eigenvalue weighted by Crippen LogP contribution is -2.21. The Kier molecular flexibility index (Phi) is 3.83. The Morgan fingerprint density at radius 1 is 1.43 bits per heavy atom. The van der Waals surface area contributed by atoms with Crippen LogP contribution < -0.4 is 0 Å². The average molecular weight is 198 g/mol. The number of hydrogen-bond acceptors (Lipinski definition) is 3. The van der Waals surface area contributed by atoms with Crippen LogP contribution in [0.15, 0.2) is 12.2 Å². The topological polar surface area (TPSA) is 74.6 Å². The zero-order chi connectivity index (χ0) is 10.6.